The van der Waals surface area contributed by atoms with Crippen LogP contribution in [0, 0.1) is 5.41 Å². The highest BCUT2D eigenvalue weighted by Crippen LogP contribution is 2.38. The van der Waals surface area contributed by atoms with Gasteiger partial charge in [-0.3, -0.25) is 0 Å². The van der Waals surface area contributed by atoms with Crippen molar-refractivity contribution in [3.8, 4) is 0 Å². The van der Waals surface area contributed by atoms with Crippen LogP contribution < -0.4 is 5.32 Å². The maximum Gasteiger partial charge on any atom is 0.0619 e. The summed E-state index contributed by atoms with van der Waals surface area (Å²) < 4.78 is 10.9. The van der Waals surface area contributed by atoms with E-state index in [1.165, 1.54) is 5.56 Å². The average molecular weight is 332 g/mol. The first-order valence-corrected chi connectivity index (χ1v) is 8.08. The molecule has 1 N–H and O–H groups in total. The van der Waals surface area contributed by atoms with Gasteiger partial charge in [-0.2, -0.15) is 0 Å². The molecule has 1 aliphatic rings. The zero-order chi connectivity index (χ0) is 15.3. The van der Waals surface area contributed by atoms with Gasteiger partial charge in [0.1, 0.15) is 0 Å². The van der Waals surface area contributed by atoms with E-state index < -0.39 is 0 Å². The van der Waals surface area contributed by atoms with Gasteiger partial charge in [-0.15, -0.1) is 0 Å². The minimum absolute atomic E-state index is 0.102. The summed E-state index contributed by atoms with van der Waals surface area (Å²) in [6, 6.07) is 5.88. The second-order valence-electron chi connectivity index (χ2n) is 5.72. The van der Waals surface area contributed by atoms with Gasteiger partial charge >= 0.3 is 0 Å². The van der Waals surface area contributed by atoms with E-state index in [0.29, 0.717) is 10.0 Å². The number of methoxy groups -OCH3 is 1. The van der Waals surface area contributed by atoms with Crippen LogP contribution in [0.3, 0.4) is 0 Å². The summed E-state index contributed by atoms with van der Waals surface area (Å²) in [7, 11) is 1.72. The minimum Gasteiger partial charge on any atom is -0.383 e. The predicted octanol–water partition coefficient (Wildman–Crippen LogP) is 3.57. The van der Waals surface area contributed by atoms with Gasteiger partial charge in [0.2, 0.25) is 0 Å². The van der Waals surface area contributed by atoms with Crippen LogP contribution in [0.25, 0.3) is 0 Å². The van der Waals surface area contributed by atoms with Crippen molar-refractivity contribution in [1.82, 2.24) is 5.32 Å². The number of rotatable bonds is 7. The molecule has 1 heterocycles. The number of halogens is 2. The molecule has 5 heteroatoms. The standard InChI is InChI=1S/C16H23Cl2NO2/c1-12-16(5-7-21-12,11-19-6-8-20-2)10-13-3-4-14(17)15(18)9-13/h3-4,9,12,19H,5-8,10-11H2,1-2H3. The first-order chi connectivity index (χ1) is 10.1. The molecule has 0 saturated carbocycles. The first kappa shape index (κ1) is 17.0. The van der Waals surface area contributed by atoms with E-state index >= 15 is 0 Å². The molecular formula is C16H23Cl2NO2. The summed E-state index contributed by atoms with van der Waals surface area (Å²) >= 11 is 12.1. The maximum atomic E-state index is 6.13. The van der Waals surface area contributed by atoms with Crippen molar-refractivity contribution in [2.24, 2.45) is 5.41 Å². The van der Waals surface area contributed by atoms with E-state index in [0.717, 1.165) is 39.1 Å². The van der Waals surface area contributed by atoms with E-state index in [2.05, 4.69) is 18.3 Å². The molecule has 0 radical (unpaired) electrons. The largest absolute Gasteiger partial charge is 0.383 e. The lowest BCUT2D eigenvalue weighted by atomic mass is 9.76. The summed E-state index contributed by atoms with van der Waals surface area (Å²) in [5, 5.41) is 4.70. The summed E-state index contributed by atoms with van der Waals surface area (Å²) in [5.74, 6) is 0. The zero-order valence-corrected chi connectivity index (χ0v) is 14.1. The Morgan fingerprint density at radius 2 is 2.19 bits per heavy atom. The van der Waals surface area contributed by atoms with E-state index in [1.54, 1.807) is 7.11 Å². The van der Waals surface area contributed by atoms with Crippen LogP contribution in [0.1, 0.15) is 18.9 Å². The van der Waals surface area contributed by atoms with Crippen molar-refractivity contribution in [1.29, 1.82) is 0 Å². The monoisotopic (exact) mass is 331 g/mol. The number of ether oxygens (including phenoxy) is 2. The molecule has 21 heavy (non-hydrogen) atoms. The van der Waals surface area contributed by atoms with Gasteiger partial charge in [-0.05, 0) is 37.5 Å². The summed E-state index contributed by atoms with van der Waals surface area (Å²) in [5.41, 5.74) is 1.31. The fraction of sp³-hybridized carbons (Fsp3) is 0.625. The molecule has 1 aromatic carbocycles. The smallest absolute Gasteiger partial charge is 0.0619 e. The van der Waals surface area contributed by atoms with Crippen LogP contribution in [-0.4, -0.2) is 39.5 Å². The molecule has 1 saturated heterocycles. The number of hydrogen-bond donors (Lipinski definition) is 1. The highest BCUT2D eigenvalue weighted by atomic mass is 35.5. The molecule has 1 fully saturated rings. The highest BCUT2D eigenvalue weighted by molar-refractivity contribution is 6.42. The van der Waals surface area contributed by atoms with E-state index in [9.17, 15) is 0 Å². The fourth-order valence-corrected chi connectivity index (χ4v) is 3.23. The fourth-order valence-electron chi connectivity index (χ4n) is 2.91. The van der Waals surface area contributed by atoms with Crippen molar-refractivity contribution in [2.45, 2.75) is 25.9 Å². The quantitative estimate of drug-likeness (QED) is 0.775. The Morgan fingerprint density at radius 1 is 1.38 bits per heavy atom. The summed E-state index contributed by atoms with van der Waals surface area (Å²) in [4.78, 5) is 0. The zero-order valence-electron chi connectivity index (χ0n) is 12.6. The van der Waals surface area contributed by atoms with Gasteiger partial charge in [-0.25, -0.2) is 0 Å². The molecule has 2 atom stereocenters. The van der Waals surface area contributed by atoms with Gasteiger partial charge in [0, 0.05) is 32.2 Å². The number of nitrogens with one attached hydrogen (secondary N) is 1. The molecule has 0 spiro atoms. The molecule has 3 nitrogen and oxygen atoms in total. The van der Waals surface area contributed by atoms with Crippen LogP contribution in [0.2, 0.25) is 10.0 Å². The lowest BCUT2D eigenvalue weighted by Gasteiger charge is -2.33. The lowest BCUT2D eigenvalue weighted by molar-refractivity contribution is 0.0619. The normalized spacial score (nSPS) is 25.4. The van der Waals surface area contributed by atoms with Crippen molar-refractivity contribution < 1.29 is 9.47 Å². The van der Waals surface area contributed by atoms with Crippen molar-refractivity contribution >= 4 is 23.2 Å². The van der Waals surface area contributed by atoms with Gasteiger partial charge < -0.3 is 14.8 Å². The first-order valence-electron chi connectivity index (χ1n) is 7.32. The van der Waals surface area contributed by atoms with Crippen LogP contribution in [0.5, 0.6) is 0 Å². The Hall–Kier alpha value is -0.320. The molecule has 0 aromatic heterocycles. The topological polar surface area (TPSA) is 30.5 Å². The number of benzene rings is 1. The molecule has 2 unspecified atom stereocenters. The van der Waals surface area contributed by atoms with Crippen LogP contribution in [0.4, 0.5) is 0 Å². The Kier molecular flexibility index (Phi) is 6.33. The average Bonchev–Trinajstić information content (AvgIpc) is 2.81. The molecule has 1 aliphatic heterocycles. The molecular weight excluding hydrogens is 309 g/mol. The SMILES string of the molecule is COCCNCC1(Cc2ccc(Cl)c(Cl)c2)CCOC1C. The van der Waals surface area contributed by atoms with Crippen molar-refractivity contribution in [3.05, 3.63) is 33.8 Å². The van der Waals surface area contributed by atoms with Crippen LogP contribution in [0.15, 0.2) is 18.2 Å². The minimum atomic E-state index is 0.102. The van der Waals surface area contributed by atoms with E-state index in [4.69, 9.17) is 32.7 Å². The Bertz CT molecular complexity index is 470. The van der Waals surface area contributed by atoms with Crippen LogP contribution in [-0.2, 0) is 15.9 Å². The highest BCUT2D eigenvalue weighted by Gasteiger charge is 2.41. The molecule has 0 amide bonds. The van der Waals surface area contributed by atoms with Gasteiger partial charge in [0.15, 0.2) is 0 Å². The molecule has 0 aliphatic carbocycles. The summed E-state index contributed by atoms with van der Waals surface area (Å²) in [6.07, 6.45) is 2.21. The van der Waals surface area contributed by atoms with Gasteiger partial charge in [0.25, 0.3) is 0 Å². The molecule has 118 valence electrons. The molecule has 0 bridgehead atoms. The third-order valence-corrected chi connectivity index (χ3v) is 5.07. The van der Waals surface area contributed by atoms with Crippen molar-refractivity contribution in [3.63, 3.8) is 0 Å². The van der Waals surface area contributed by atoms with Crippen LogP contribution >= 0.6 is 23.2 Å². The van der Waals surface area contributed by atoms with E-state index in [1.807, 2.05) is 12.1 Å². The molecule has 1 aromatic rings. The van der Waals surface area contributed by atoms with Gasteiger partial charge in [-0.1, -0.05) is 29.3 Å². The third kappa shape index (κ3) is 4.33. The summed E-state index contributed by atoms with van der Waals surface area (Å²) in [6.45, 7) is 5.46. The Balaban J connectivity index is 2.07. The Morgan fingerprint density at radius 3 is 2.81 bits per heavy atom. The van der Waals surface area contributed by atoms with Crippen molar-refractivity contribution in [2.75, 3.05) is 33.4 Å². The van der Waals surface area contributed by atoms with Gasteiger partial charge in [0.05, 0.1) is 22.8 Å². The maximum absolute atomic E-state index is 6.13. The van der Waals surface area contributed by atoms with E-state index in [-0.39, 0.29) is 11.5 Å². The third-order valence-electron chi connectivity index (χ3n) is 4.33. The number of hydrogen-bond acceptors (Lipinski definition) is 3. The second-order valence-corrected chi connectivity index (χ2v) is 6.53. The second kappa shape index (κ2) is 7.80. The Labute approximate surface area is 136 Å². The molecule has 2 rings (SSSR count). The lowest BCUT2D eigenvalue weighted by Crippen LogP contribution is -2.42. The predicted molar refractivity (Wildman–Crippen MR) is 87.4 cm³/mol.